The minimum absolute atomic E-state index is 0.0108. The third kappa shape index (κ3) is 3.18. The molecule has 0 N–H and O–H groups in total. The van der Waals surface area contributed by atoms with Crippen LogP contribution in [0.1, 0.15) is 11.3 Å². The molecule has 20 heavy (non-hydrogen) atoms. The molecule has 7 nitrogen and oxygen atoms in total. The van der Waals surface area contributed by atoms with Gasteiger partial charge in [0.2, 0.25) is 0 Å². The highest BCUT2D eigenvalue weighted by Gasteiger charge is 2.16. The normalized spacial score (nSPS) is 9.80. The van der Waals surface area contributed by atoms with Crippen LogP contribution < -0.4 is 4.74 Å². The van der Waals surface area contributed by atoms with Crippen molar-refractivity contribution in [3.63, 3.8) is 0 Å². The molecule has 1 aromatic carbocycles. The van der Waals surface area contributed by atoms with Gasteiger partial charge in [-0.2, -0.15) is 10.4 Å². The Morgan fingerprint density at radius 2 is 2.15 bits per heavy atom. The molecule has 100 valence electrons. The van der Waals surface area contributed by atoms with Crippen molar-refractivity contribution in [1.29, 1.82) is 5.26 Å². The van der Waals surface area contributed by atoms with Crippen molar-refractivity contribution in [3.05, 3.63) is 56.9 Å². The summed E-state index contributed by atoms with van der Waals surface area (Å²) >= 11 is 5.59. The van der Waals surface area contributed by atoms with Gasteiger partial charge in [0, 0.05) is 6.07 Å². The smallest absolute Gasteiger partial charge is 0.312 e. The zero-order valence-corrected chi connectivity index (χ0v) is 10.7. The number of nitrogens with zero attached hydrogens (tertiary/aromatic N) is 4. The van der Waals surface area contributed by atoms with Gasteiger partial charge in [0.1, 0.15) is 12.3 Å². The Bertz CT molecular complexity index is 682. The molecule has 0 saturated heterocycles. The van der Waals surface area contributed by atoms with Crippen LogP contribution in [0.3, 0.4) is 0 Å². The molecule has 0 atom stereocenters. The Morgan fingerprint density at radius 3 is 2.75 bits per heavy atom. The van der Waals surface area contributed by atoms with E-state index in [1.54, 1.807) is 12.1 Å². The zero-order chi connectivity index (χ0) is 14.5. The van der Waals surface area contributed by atoms with Gasteiger partial charge in [0.05, 0.1) is 16.6 Å². The largest absolute Gasteiger partial charge is 0.480 e. The summed E-state index contributed by atoms with van der Waals surface area (Å²) in [6.07, 6.45) is 0. The van der Waals surface area contributed by atoms with E-state index in [4.69, 9.17) is 21.6 Å². The Balaban J connectivity index is 2.19. The summed E-state index contributed by atoms with van der Waals surface area (Å²) in [7, 11) is 0. The molecule has 0 fully saturated rings. The van der Waals surface area contributed by atoms with Gasteiger partial charge in [0.25, 0.3) is 0 Å². The summed E-state index contributed by atoms with van der Waals surface area (Å²) < 4.78 is 5.33. The Morgan fingerprint density at radius 1 is 1.35 bits per heavy atom. The first kappa shape index (κ1) is 13.7. The summed E-state index contributed by atoms with van der Waals surface area (Å²) in [6.45, 7) is 0.0108. The van der Waals surface area contributed by atoms with Crippen LogP contribution in [0.4, 0.5) is 5.69 Å². The van der Waals surface area contributed by atoms with Crippen LogP contribution in [0.2, 0.25) is 5.15 Å². The third-order valence-electron chi connectivity index (χ3n) is 2.35. The van der Waals surface area contributed by atoms with E-state index in [0.29, 0.717) is 5.69 Å². The number of nitro benzene ring substituents is 1. The monoisotopic (exact) mass is 290 g/mol. The Labute approximate surface area is 118 Å². The molecular weight excluding hydrogens is 284 g/mol. The number of halogens is 1. The fourth-order valence-electron chi connectivity index (χ4n) is 1.42. The van der Waals surface area contributed by atoms with E-state index in [9.17, 15) is 10.1 Å². The lowest BCUT2D eigenvalue weighted by atomic mass is 10.2. The highest BCUT2D eigenvalue weighted by Crippen LogP contribution is 2.28. The van der Waals surface area contributed by atoms with Crippen LogP contribution in [-0.2, 0) is 6.61 Å². The Kier molecular flexibility index (Phi) is 4.08. The van der Waals surface area contributed by atoms with E-state index in [1.165, 1.54) is 12.1 Å². The van der Waals surface area contributed by atoms with Gasteiger partial charge in [-0.1, -0.05) is 11.6 Å². The maximum absolute atomic E-state index is 10.9. The molecule has 0 aliphatic heterocycles. The van der Waals surface area contributed by atoms with Crippen molar-refractivity contribution in [2.45, 2.75) is 6.61 Å². The second-order valence-corrected chi connectivity index (χ2v) is 4.07. The first-order valence-electron chi connectivity index (χ1n) is 5.39. The predicted molar refractivity (Wildman–Crippen MR) is 69.2 cm³/mol. The second-order valence-electron chi connectivity index (χ2n) is 3.69. The van der Waals surface area contributed by atoms with Crippen molar-refractivity contribution in [3.8, 4) is 11.8 Å². The van der Waals surface area contributed by atoms with E-state index in [-0.39, 0.29) is 28.8 Å². The molecule has 0 radical (unpaired) electrons. The molecular formula is C12H7ClN4O3. The van der Waals surface area contributed by atoms with Crippen LogP contribution in [0.15, 0.2) is 30.3 Å². The van der Waals surface area contributed by atoms with Crippen molar-refractivity contribution in [1.82, 2.24) is 10.2 Å². The fourth-order valence-corrected chi connectivity index (χ4v) is 1.52. The second kappa shape index (κ2) is 5.95. The summed E-state index contributed by atoms with van der Waals surface area (Å²) in [6, 6.07) is 8.95. The average molecular weight is 291 g/mol. The molecule has 0 bridgehead atoms. The van der Waals surface area contributed by atoms with E-state index in [2.05, 4.69) is 10.2 Å². The first-order chi connectivity index (χ1) is 9.60. The number of hydrogen-bond donors (Lipinski definition) is 0. The lowest BCUT2D eigenvalue weighted by Gasteiger charge is -2.06. The van der Waals surface area contributed by atoms with Gasteiger partial charge in [-0.3, -0.25) is 10.1 Å². The van der Waals surface area contributed by atoms with Gasteiger partial charge < -0.3 is 4.74 Å². The lowest BCUT2D eigenvalue weighted by Crippen LogP contribution is -2.02. The molecule has 0 aliphatic carbocycles. The lowest BCUT2D eigenvalue weighted by molar-refractivity contribution is -0.386. The van der Waals surface area contributed by atoms with Crippen LogP contribution in [0.25, 0.3) is 0 Å². The third-order valence-corrected chi connectivity index (χ3v) is 2.55. The van der Waals surface area contributed by atoms with E-state index in [1.807, 2.05) is 6.07 Å². The number of hydrogen-bond acceptors (Lipinski definition) is 6. The molecule has 1 aromatic heterocycles. The number of nitriles is 1. The maximum Gasteiger partial charge on any atom is 0.312 e. The average Bonchev–Trinajstić information content (AvgIpc) is 2.46. The standard InChI is InChI=1S/C12H7ClN4O3/c13-12-4-2-9(15-16-12)7-20-11-3-1-8(6-14)5-10(11)17(18)19/h1-5H,7H2. The van der Waals surface area contributed by atoms with Gasteiger partial charge in [-0.05, 0) is 24.3 Å². The predicted octanol–water partition coefficient (Wildman–Crippen LogP) is 2.49. The number of ether oxygens (including phenoxy) is 1. The highest BCUT2D eigenvalue weighted by molar-refractivity contribution is 6.29. The minimum atomic E-state index is -0.607. The number of nitro groups is 1. The summed E-state index contributed by atoms with van der Waals surface area (Å²) in [5, 5.41) is 27.3. The number of aromatic nitrogens is 2. The molecule has 0 aliphatic rings. The van der Waals surface area contributed by atoms with E-state index in [0.717, 1.165) is 6.07 Å². The molecule has 2 aromatic rings. The SMILES string of the molecule is N#Cc1ccc(OCc2ccc(Cl)nn2)c([N+](=O)[O-])c1. The van der Waals surface area contributed by atoms with Gasteiger partial charge >= 0.3 is 5.69 Å². The molecule has 1 heterocycles. The first-order valence-corrected chi connectivity index (χ1v) is 5.77. The van der Waals surface area contributed by atoms with Gasteiger partial charge in [0.15, 0.2) is 10.9 Å². The topological polar surface area (TPSA) is 102 Å². The van der Waals surface area contributed by atoms with Crippen molar-refractivity contribution in [2.24, 2.45) is 0 Å². The van der Waals surface area contributed by atoms with Crippen LogP contribution in [-0.4, -0.2) is 15.1 Å². The highest BCUT2D eigenvalue weighted by atomic mass is 35.5. The van der Waals surface area contributed by atoms with E-state index >= 15 is 0 Å². The minimum Gasteiger partial charge on any atom is -0.480 e. The molecule has 0 saturated carbocycles. The summed E-state index contributed by atoms with van der Waals surface area (Å²) in [5.74, 6) is 0.0609. The Hall–Kier alpha value is -2.72. The molecule has 0 spiro atoms. The van der Waals surface area contributed by atoms with Crippen LogP contribution in [0, 0.1) is 21.4 Å². The molecule has 0 amide bonds. The van der Waals surface area contributed by atoms with Gasteiger partial charge in [-0.15, -0.1) is 5.10 Å². The maximum atomic E-state index is 10.9. The van der Waals surface area contributed by atoms with Crippen LogP contribution >= 0.6 is 11.6 Å². The van der Waals surface area contributed by atoms with E-state index < -0.39 is 4.92 Å². The molecule has 2 rings (SSSR count). The molecule has 0 unspecified atom stereocenters. The quantitative estimate of drug-likeness (QED) is 0.633. The van der Waals surface area contributed by atoms with Crippen molar-refractivity contribution >= 4 is 17.3 Å². The van der Waals surface area contributed by atoms with Crippen LogP contribution in [0.5, 0.6) is 5.75 Å². The van der Waals surface area contributed by atoms with Crippen molar-refractivity contribution < 1.29 is 9.66 Å². The molecule has 8 heteroatoms. The number of benzene rings is 1. The van der Waals surface area contributed by atoms with Crippen molar-refractivity contribution in [2.75, 3.05) is 0 Å². The summed E-state index contributed by atoms with van der Waals surface area (Å²) in [4.78, 5) is 10.3. The fraction of sp³-hybridized carbons (Fsp3) is 0.0833. The van der Waals surface area contributed by atoms with Gasteiger partial charge in [-0.25, -0.2) is 0 Å². The number of rotatable bonds is 4. The zero-order valence-electron chi connectivity index (χ0n) is 9.99. The summed E-state index contributed by atoms with van der Waals surface area (Å²) in [5.41, 5.74) is 0.398.